The number of aliphatic hydroxyl groups excluding tert-OH is 1. The Morgan fingerprint density at radius 3 is 2.46 bits per heavy atom. The monoisotopic (exact) mass is 348 g/mol. The number of nitrogens with one attached hydrogen (secondary N) is 1. The van der Waals surface area contributed by atoms with Gasteiger partial charge in [0, 0.05) is 23.6 Å². The van der Waals surface area contributed by atoms with Gasteiger partial charge < -0.3 is 15.2 Å². The van der Waals surface area contributed by atoms with Crippen molar-refractivity contribution < 1.29 is 14.6 Å². The summed E-state index contributed by atoms with van der Waals surface area (Å²) in [5.41, 5.74) is 4.24. The molecule has 0 aliphatic heterocycles. The Bertz CT molecular complexity index is 875. The van der Waals surface area contributed by atoms with Gasteiger partial charge in [-0.3, -0.25) is 9.78 Å². The molecule has 0 unspecified atom stereocenters. The first kappa shape index (κ1) is 17.6. The SMILES string of the molecule is Cc1ccc(-c2cncc(C(=O)Nc3ccc(OCCO)cc3)c2)cc1. The molecule has 1 aromatic heterocycles. The molecule has 0 aliphatic rings. The lowest BCUT2D eigenvalue weighted by Crippen LogP contribution is -2.12. The van der Waals surface area contributed by atoms with Gasteiger partial charge in [-0.1, -0.05) is 29.8 Å². The molecule has 0 aliphatic carbocycles. The topological polar surface area (TPSA) is 71.5 Å². The van der Waals surface area contributed by atoms with Crippen LogP contribution >= 0.6 is 0 Å². The first-order valence-electron chi connectivity index (χ1n) is 8.33. The zero-order valence-electron chi connectivity index (χ0n) is 14.5. The Morgan fingerprint density at radius 1 is 1.04 bits per heavy atom. The van der Waals surface area contributed by atoms with Crippen LogP contribution in [-0.2, 0) is 0 Å². The Hall–Kier alpha value is -3.18. The Morgan fingerprint density at radius 2 is 1.77 bits per heavy atom. The number of pyridine rings is 1. The molecule has 0 saturated carbocycles. The lowest BCUT2D eigenvalue weighted by Gasteiger charge is -2.08. The van der Waals surface area contributed by atoms with Crippen molar-refractivity contribution in [2.75, 3.05) is 18.5 Å². The number of anilines is 1. The summed E-state index contributed by atoms with van der Waals surface area (Å²) >= 11 is 0. The van der Waals surface area contributed by atoms with Crippen molar-refractivity contribution in [2.45, 2.75) is 6.92 Å². The van der Waals surface area contributed by atoms with Gasteiger partial charge in [0.1, 0.15) is 12.4 Å². The van der Waals surface area contributed by atoms with E-state index in [1.807, 2.05) is 37.3 Å². The first-order chi connectivity index (χ1) is 12.7. The van der Waals surface area contributed by atoms with E-state index in [1.165, 1.54) is 5.56 Å². The van der Waals surface area contributed by atoms with Gasteiger partial charge in [-0.25, -0.2) is 0 Å². The molecule has 132 valence electrons. The second-order valence-electron chi connectivity index (χ2n) is 5.88. The summed E-state index contributed by atoms with van der Waals surface area (Å²) in [6.07, 6.45) is 3.29. The largest absolute Gasteiger partial charge is 0.491 e. The molecule has 5 heteroatoms. The normalized spacial score (nSPS) is 10.4. The molecule has 0 bridgehead atoms. The molecule has 0 atom stereocenters. The Labute approximate surface area is 152 Å². The lowest BCUT2D eigenvalue weighted by atomic mass is 10.0. The number of carbonyl (C=O) groups excluding carboxylic acids is 1. The van der Waals surface area contributed by atoms with Crippen molar-refractivity contribution in [3.05, 3.63) is 78.1 Å². The molecule has 2 aromatic carbocycles. The molecule has 1 amide bonds. The lowest BCUT2D eigenvalue weighted by molar-refractivity contribution is 0.102. The summed E-state index contributed by atoms with van der Waals surface area (Å²) < 4.78 is 5.30. The van der Waals surface area contributed by atoms with Crippen molar-refractivity contribution in [1.82, 2.24) is 4.98 Å². The van der Waals surface area contributed by atoms with Crippen LogP contribution in [0.2, 0.25) is 0 Å². The number of carbonyl (C=O) groups is 1. The van der Waals surface area contributed by atoms with Crippen LogP contribution in [0.15, 0.2) is 67.0 Å². The molecule has 2 N–H and O–H groups in total. The number of ether oxygens (including phenoxy) is 1. The third-order valence-corrected chi connectivity index (χ3v) is 3.86. The highest BCUT2D eigenvalue weighted by molar-refractivity contribution is 6.04. The van der Waals surface area contributed by atoms with E-state index in [2.05, 4.69) is 10.3 Å². The zero-order valence-corrected chi connectivity index (χ0v) is 14.5. The Kier molecular flexibility index (Phi) is 5.61. The third kappa shape index (κ3) is 4.46. The number of aryl methyl sites for hydroxylation is 1. The van der Waals surface area contributed by atoms with Crippen LogP contribution in [0, 0.1) is 6.92 Å². The number of benzene rings is 2. The minimum Gasteiger partial charge on any atom is -0.491 e. The van der Waals surface area contributed by atoms with Crippen molar-refractivity contribution in [3.63, 3.8) is 0 Å². The maximum Gasteiger partial charge on any atom is 0.257 e. The highest BCUT2D eigenvalue weighted by Gasteiger charge is 2.09. The summed E-state index contributed by atoms with van der Waals surface area (Å²) in [5, 5.41) is 11.6. The number of aromatic nitrogens is 1. The van der Waals surface area contributed by atoms with Crippen LogP contribution < -0.4 is 10.1 Å². The number of aliphatic hydroxyl groups is 1. The molecule has 0 saturated heterocycles. The number of nitrogens with zero attached hydrogens (tertiary/aromatic N) is 1. The quantitative estimate of drug-likeness (QED) is 0.713. The van der Waals surface area contributed by atoms with Gasteiger partial charge in [0.25, 0.3) is 5.91 Å². The highest BCUT2D eigenvalue weighted by Crippen LogP contribution is 2.21. The minimum absolute atomic E-state index is 0.0389. The van der Waals surface area contributed by atoms with Crippen LogP contribution in [0.25, 0.3) is 11.1 Å². The molecule has 26 heavy (non-hydrogen) atoms. The standard InChI is InChI=1S/C21H20N2O3/c1-15-2-4-16(5-3-15)17-12-18(14-22-13-17)21(25)23-19-6-8-20(9-7-19)26-11-10-24/h2-9,12-14,24H,10-11H2,1H3,(H,23,25). The number of rotatable bonds is 6. The molecular weight excluding hydrogens is 328 g/mol. The fraction of sp³-hybridized carbons (Fsp3) is 0.143. The molecule has 0 radical (unpaired) electrons. The van der Waals surface area contributed by atoms with Crippen LogP contribution in [0.4, 0.5) is 5.69 Å². The number of hydrogen-bond acceptors (Lipinski definition) is 4. The van der Waals surface area contributed by atoms with E-state index in [1.54, 1.807) is 36.7 Å². The van der Waals surface area contributed by atoms with Crippen molar-refractivity contribution in [3.8, 4) is 16.9 Å². The average molecular weight is 348 g/mol. The van der Waals surface area contributed by atoms with Gasteiger partial charge in [0.2, 0.25) is 0 Å². The highest BCUT2D eigenvalue weighted by atomic mass is 16.5. The summed E-state index contributed by atoms with van der Waals surface area (Å²) in [5.74, 6) is 0.413. The van der Waals surface area contributed by atoms with Gasteiger partial charge >= 0.3 is 0 Å². The number of amides is 1. The summed E-state index contributed by atoms with van der Waals surface area (Å²) in [6, 6.07) is 16.9. The molecule has 0 spiro atoms. The molecule has 3 aromatic rings. The average Bonchev–Trinajstić information content (AvgIpc) is 2.68. The van der Waals surface area contributed by atoms with Gasteiger partial charge in [0.05, 0.1) is 12.2 Å². The van der Waals surface area contributed by atoms with E-state index in [0.717, 1.165) is 11.1 Å². The molecule has 3 rings (SSSR count). The van der Waals surface area contributed by atoms with Crippen molar-refractivity contribution >= 4 is 11.6 Å². The van der Waals surface area contributed by atoms with E-state index < -0.39 is 0 Å². The number of hydrogen-bond donors (Lipinski definition) is 2. The summed E-state index contributed by atoms with van der Waals surface area (Å²) in [4.78, 5) is 16.7. The van der Waals surface area contributed by atoms with E-state index in [4.69, 9.17) is 9.84 Å². The van der Waals surface area contributed by atoms with Crippen LogP contribution in [0.5, 0.6) is 5.75 Å². The smallest absolute Gasteiger partial charge is 0.257 e. The maximum absolute atomic E-state index is 12.5. The van der Waals surface area contributed by atoms with Gasteiger partial charge in [-0.15, -0.1) is 0 Å². The van der Waals surface area contributed by atoms with Gasteiger partial charge in [-0.05, 0) is 42.8 Å². The van der Waals surface area contributed by atoms with E-state index in [0.29, 0.717) is 17.0 Å². The van der Waals surface area contributed by atoms with Crippen molar-refractivity contribution in [2.24, 2.45) is 0 Å². The van der Waals surface area contributed by atoms with E-state index in [-0.39, 0.29) is 19.1 Å². The van der Waals surface area contributed by atoms with Gasteiger partial charge in [0.15, 0.2) is 0 Å². The minimum atomic E-state index is -0.226. The third-order valence-electron chi connectivity index (χ3n) is 3.86. The van der Waals surface area contributed by atoms with E-state index in [9.17, 15) is 4.79 Å². The fourth-order valence-corrected chi connectivity index (χ4v) is 2.47. The van der Waals surface area contributed by atoms with Gasteiger partial charge in [-0.2, -0.15) is 0 Å². The van der Waals surface area contributed by atoms with E-state index >= 15 is 0 Å². The summed E-state index contributed by atoms with van der Waals surface area (Å²) in [6.45, 7) is 2.23. The molecule has 1 heterocycles. The second kappa shape index (κ2) is 8.27. The predicted octanol–water partition coefficient (Wildman–Crippen LogP) is 3.68. The fourth-order valence-electron chi connectivity index (χ4n) is 2.47. The van der Waals surface area contributed by atoms with Crippen LogP contribution in [-0.4, -0.2) is 29.2 Å². The second-order valence-corrected chi connectivity index (χ2v) is 5.88. The Balaban J connectivity index is 1.71. The van der Waals surface area contributed by atoms with Crippen LogP contribution in [0.1, 0.15) is 15.9 Å². The van der Waals surface area contributed by atoms with Crippen molar-refractivity contribution in [1.29, 1.82) is 0 Å². The zero-order chi connectivity index (χ0) is 18.4. The van der Waals surface area contributed by atoms with Crippen LogP contribution in [0.3, 0.4) is 0 Å². The molecule has 5 nitrogen and oxygen atoms in total. The maximum atomic E-state index is 12.5. The predicted molar refractivity (Wildman–Crippen MR) is 101 cm³/mol. The first-order valence-corrected chi connectivity index (χ1v) is 8.33. The molecule has 0 fully saturated rings. The summed E-state index contributed by atoms with van der Waals surface area (Å²) in [7, 11) is 0. The molecular formula is C21H20N2O3.